The lowest BCUT2D eigenvalue weighted by Crippen LogP contribution is -2.51. The third-order valence-electron chi connectivity index (χ3n) is 12.1. The van der Waals surface area contributed by atoms with Gasteiger partial charge in [-0.15, -0.1) is 18.2 Å². The van der Waals surface area contributed by atoms with Gasteiger partial charge in [0.15, 0.2) is 5.82 Å². The molecule has 16 nitrogen and oxygen atoms in total. The van der Waals surface area contributed by atoms with E-state index in [-0.39, 0.29) is 51.9 Å². The number of aliphatic hydroxyl groups is 1. The smallest absolute Gasteiger partial charge is 0.319 e. The summed E-state index contributed by atoms with van der Waals surface area (Å²) < 4.78 is 42.7. The summed E-state index contributed by atoms with van der Waals surface area (Å²) in [6.45, 7) is 18.8. The summed E-state index contributed by atoms with van der Waals surface area (Å²) in [5.41, 5.74) is 3.20. The van der Waals surface area contributed by atoms with Crippen LogP contribution in [-0.2, 0) is 25.7 Å². The number of phenols is 1. The Bertz CT molecular complexity index is 2780. The number of pyridine rings is 1. The van der Waals surface area contributed by atoms with Gasteiger partial charge in [0.2, 0.25) is 18.7 Å². The maximum atomic E-state index is 16.5. The second kappa shape index (κ2) is 30.0. The quantitative estimate of drug-likeness (QED) is 0.0231. The lowest BCUT2D eigenvalue weighted by Gasteiger charge is -2.34. The Balaban J connectivity index is 0.000000257. The molecule has 5 heterocycles. The van der Waals surface area contributed by atoms with E-state index in [1.807, 2.05) is 37.4 Å². The van der Waals surface area contributed by atoms with Crippen molar-refractivity contribution in [1.82, 2.24) is 35.8 Å². The number of β-amino-alcohol motifs (C(OH)–C–C–N with tert-alkyl or cyclic N) is 1. The topological polar surface area (TPSA) is 204 Å². The number of unbranched alkanes of at least 4 members (excludes halogenated alkanes) is 1. The predicted molar refractivity (Wildman–Crippen MR) is 295 cm³/mol. The highest BCUT2D eigenvalue weighted by Gasteiger charge is 2.34. The molecule has 0 radical (unpaired) electrons. The van der Waals surface area contributed by atoms with E-state index in [0.29, 0.717) is 80.8 Å². The van der Waals surface area contributed by atoms with Gasteiger partial charge in [0.25, 0.3) is 0 Å². The molecule has 3 fully saturated rings. The highest BCUT2D eigenvalue weighted by atomic mass is 32.2. The molecule has 3 amide bonds. The molecule has 2 unspecified atom stereocenters. The first-order valence-electron chi connectivity index (χ1n) is 25.3. The number of hydrogen-bond acceptors (Lipinski definition) is 14. The van der Waals surface area contributed by atoms with Crippen LogP contribution in [0.1, 0.15) is 89.8 Å². The number of aromatic hydroxyl groups is 1. The Morgan fingerprint density at radius 3 is 2.32 bits per heavy atom. The molecule has 3 aliphatic heterocycles. The van der Waals surface area contributed by atoms with Crippen LogP contribution in [0.15, 0.2) is 65.4 Å². The molecule has 402 valence electrons. The van der Waals surface area contributed by atoms with E-state index < -0.39 is 17.7 Å². The van der Waals surface area contributed by atoms with Gasteiger partial charge in [-0.25, -0.2) is 8.78 Å². The number of nitrogens with zero attached hydrogens (tertiary/aromatic N) is 6. The van der Waals surface area contributed by atoms with Crippen molar-refractivity contribution < 1.29 is 42.9 Å². The van der Waals surface area contributed by atoms with Gasteiger partial charge in [-0.05, 0) is 99.1 Å². The monoisotopic (exact) mass is 1050 g/mol. The van der Waals surface area contributed by atoms with E-state index in [4.69, 9.17) is 26.0 Å². The molecule has 8 rings (SSSR count). The number of aromatic nitrogens is 3. The average molecular weight is 1050 g/mol. The number of benzene rings is 3. The molecule has 0 spiro atoms. The fourth-order valence-electron chi connectivity index (χ4n) is 8.64. The number of ether oxygens (including phenoxy) is 2. The number of amides is 3. The summed E-state index contributed by atoms with van der Waals surface area (Å²) >= 11 is 1.65. The number of aliphatic hydroxyl groups excluding tert-OH is 1. The average Bonchev–Trinajstić information content (AvgIpc) is 4.00. The van der Waals surface area contributed by atoms with Crippen LogP contribution in [0.5, 0.6) is 11.8 Å². The largest absolute Gasteiger partial charge is 0.508 e. The number of terminal acetylenes is 1. The zero-order valence-corrected chi connectivity index (χ0v) is 44.7. The normalized spacial score (nSPS) is 16.8. The van der Waals surface area contributed by atoms with Crippen molar-refractivity contribution in [2.75, 3.05) is 63.7 Å². The van der Waals surface area contributed by atoms with E-state index >= 15 is 4.39 Å². The maximum absolute atomic E-state index is 16.5. The van der Waals surface area contributed by atoms with Crippen LogP contribution >= 0.6 is 11.8 Å². The summed E-state index contributed by atoms with van der Waals surface area (Å²) in [6, 6.07) is 14.3. The van der Waals surface area contributed by atoms with E-state index in [1.165, 1.54) is 30.5 Å². The molecule has 3 saturated heterocycles. The van der Waals surface area contributed by atoms with Crippen LogP contribution in [0.4, 0.5) is 14.6 Å². The van der Waals surface area contributed by atoms with Crippen molar-refractivity contribution in [2.45, 2.75) is 97.9 Å². The number of aliphatic imine (C=N–C) groups is 1. The first-order valence-corrected chi connectivity index (χ1v) is 26.5. The first-order chi connectivity index (χ1) is 36.2. The van der Waals surface area contributed by atoms with Gasteiger partial charge in [-0.1, -0.05) is 63.9 Å². The number of carbonyl (C=O) groups excluding carboxylic acids is 3. The van der Waals surface area contributed by atoms with Gasteiger partial charge in [0.05, 0.1) is 35.9 Å². The van der Waals surface area contributed by atoms with Crippen molar-refractivity contribution >= 4 is 69.6 Å². The number of carbonyl (C=O) groups is 3. The number of nitrogens with one attached hydrogen (secondary N) is 3. The molecule has 2 aromatic heterocycles. The van der Waals surface area contributed by atoms with Crippen LogP contribution in [0.3, 0.4) is 0 Å². The Kier molecular flexibility index (Phi) is 23.7. The SMILES string of the molecule is C#Cc1c(F)ccc2cc(O)cc(-c3ncc4c(N5CC6CCC(C5)N6)nc(OCCCCOCCC)nc4c3F)c12.C=N/C(C)=C(\SC)c1ccc(CNC=O)cc1.CC(C)C.O=CNCC(=O)N1CC[C@@H](O)C1. The molecule has 19 heteroatoms. The molecule has 3 aliphatic rings. The number of likely N-dealkylation sites (tertiary alicyclic amines) is 1. The molecule has 5 N–H and O–H groups in total. The summed E-state index contributed by atoms with van der Waals surface area (Å²) in [4.78, 5) is 53.6. The van der Waals surface area contributed by atoms with E-state index in [2.05, 4.69) is 76.1 Å². The van der Waals surface area contributed by atoms with Gasteiger partial charge in [-0.3, -0.25) is 24.4 Å². The summed E-state index contributed by atoms with van der Waals surface area (Å²) in [6.07, 6.45) is 15.3. The lowest BCUT2D eigenvalue weighted by molar-refractivity contribution is -0.130. The number of halogens is 2. The number of allylic oxidation sites excluding steroid dienone is 1. The van der Waals surface area contributed by atoms with Crippen LogP contribution in [0.25, 0.3) is 37.8 Å². The zero-order valence-electron chi connectivity index (χ0n) is 43.8. The minimum Gasteiger partial charge on any atom is -0.508 e. The van der Waals surface area contributed by atoms with Crippen molar-refractivity contribution in [1.29, 1.82) is 0 Å². The Morgan fingerprint density at radius 2 is 1.71 bits per heavy atom. The second-order valence-electron chi connectivity index (χ2n) is 18.9. The van der Waals surface area contributed by atoms with Gasteiger partial charge in [-0.2, -0.15) is 9.97 Å². The number of rotatable bonds is 19. The van der Waals surface area contributed by atoms with Gasteiger partial charge in [0, 0.05) is 80.1 Å². The van der Waals surface area contributed by atoms with Gasteiger partial charge >= 0.3 is 6.01 Å². The molecule has 2 bridgehead atoms. The minimum absolute atomic E-state index is 0.0240. The zero-order chi connectivity index (χ0) is 54.4. The standard InChI is InChI=1S/C32H33F2N5O3.C13H16N2OS.C7H12N2O3.C4H10/c1-3-11-41-12-5-6-13-42-32-37-30-25(31(38-32)39-17-20-8-9-21(18-39)36-20)16-35-29(28(30)34)24-15-22(40)14-19-7-10-26(33)23(4-2)27(19)24;1-10(14-2)13(17-3)12-6-4-11(5-7-12)8-15-9-16;10-5-8-3-7(12)9-2-1-6(11)4-9;1-4(2)3/h2,7,10,14-16,20-21,36,40H,3,5-6,8-9,11-13,17-18H2,1H3;4-7,9H,2,8H2,1,3H3,(H,15,16);5-6,11H,1-4H2,(H,8,10);4H,1-3H3/b;13-10-;;/t;;6-;/m..1./s1. The van der Waals surface area contributed by atoms with Crippen LogP contribution < -0.4 is 25.6 Å². The Hall–Kier alpha value is -6.72. The first kappa shape index (κ1) is 59.2. The molecule has 75 heavy (non-hydrogen) atoms. The van der Waals surface area contributed by atoms with Crippen molar-refractivity contribution in [3.8, 4) is 35.4 Å². The van der Waals surface area contributed by atoms with Gasteiger partial charge < -0.3 is 45.4 Å². The number of piperazine rings is 1. The molecule has 0 aliphatic carbocycles. The molecule has 5 aromatic rings. The van der Waals surface area contributed by atoms with Gasteiger partial charge in [0.1, 0.15) is 28.6 Å². The fourth-order valence-corrected chi connectivity index (χ4v) is 9.37. The number of fused-ring (bicyclic) bond motifs is 4. The summed E-state index contributed by atoms with van der Waals surface area (Å²) in [5, 5.41) is 29.3. The second-order valence-corrected chi connectivity index (χ2v) is 19.7. The molecule has 3 aromatic carbocycles. The fraction of sp³-hybridized carbons (Fsp3) is 0.446. The van der Waals surface area contributed by atoms with Crippen molar-refractivity contribution in [2.24, 2.45) is 10.9 Å². The van der Waals surface area contributed by atoms with Crippen LogP contribution in [-0.4, -0.2) is 132 Å². The summed E-state index contributed by atoms with van der Waals surface area (Å²) in [7, 11) is 0. The number of hydrogen-bond donors (Lipinski definition) is 5. The number of phenolic OH excluding ortho intramolecular Hbond substituents is 1. The highest BCUT2D eigenvalue weighted by molar-refractivity contribution is 8.07. The lowest BCUT2D eigenvalue weighted by atomic mass is 9.96. The van der Waals surface area contributed by atoms with Crippen LogP contribution in [0, 0.1) is 29.9 Å². The predicted octanol–water partition coefficient (Wildman–Crippen LogP) is 8.01. The number of thioether (sulfide) groups is 1. The number of anilines is 1. The maximum Gasteiger partial charge on any atom is 0.319 e. The van der Waals surface area contributed by atoms with E-state index in [1.54, 1.807) is 16.7 Å². The molecular formula is C56H71F2N9O7S. The summed E-state index contributed by atoms with van der Waals surface area (Å²) in [5.74, 6) is 2.15. The molecular weight excluding hydrogens is 981 g/mol. The third-order valence-corrected chi connectivity index (χ3v) is 13.0. The third kappa shape index (κ3) is 16.9. The molecule has 0 saturated carbocycles. The Morgan fingerprint density at radius 1 is 1.01 bits per heavy atom. The minimum atomic E-state index is -0.730. The van der Waals surface area contributed by atoms with Crippen molar-refractivity contribution in [3.05, 3.63) is 88.7 Å². The van der Waals surface area contributed by atoms with E-state index in [0.717, 1.165) is 79.4 Å². The highest BCUT2D eigenvalue weighted by Crippen LogP contribution is 2.39. The van der Waals surface area contributed by atoms with E-state index in [9.17, 15) is 23.9 Å². The van der Waals surface area contributed by atoms with Crippen molar-refractivity contribution in [3.63, 3.8) is 0 Å². The van der Waals surface area contributed by atoms with Crippen LogP contribution in [0.2, 0.25) is 0 Å². The molecule has 3 atom stereocenters. The Labute approximate surface area is 443 Å².